The van der Waals surface area contributed by atoms with Gasteiger partial charge in [-0.1, -0.05) is 12.1 Å². The number of anilines is 1. The van der Waals surface area contributed by atoms with Gasteiger partial charge >= 0.3 is 11.7 Å². The molecule has 0 saturated carbocycles. The molecule has 2 N–H and O–H groups in total. The third-order valence-corrected chi connectivity index (χ3v) is 5.22. The van der Waals surface area contributed by atoms with Crippen LogP contribution in [-0.2, 0) is 13.1 Å². The van der Waals surface area contributed by atoms with Gasteiger partial charge in [0.05, 0.1) is 17.8 Å². The Morgan fingerprint density at radius 3 is 2.74 bits per heavy atom. The van der Waals surface area contributed by atoms with Gasteiger partial charge in [0.15, 0.2) is 5.13 Å². The van der Waals surface area contributed by atoms with Gasteiger partial charge in [0.25, 0.3) is 5.91 Å². The maximum atomic E-state index is 13.2. The summed E-state index contributed by atoms with van der Waals surface area (Å²) >= 11 is 1.22. The standard InChI is InChI=1S/C21H21FN4O4S/c1-12-7-17(27)30-13(2)18(12)19(28)26(3)10-16-11-31-21(24-16)25-20(29)23-9-14-5-4-6-15(22)8-14/h4-8,11H,9-10H2,1-3H3,(H2,23,24,25,29). The molecule has 1 aromatic carbocycles. The Balaban J connectivity index is 1.57. The number of rotatable bonds is 6. The lowest BCUT2D eigenvalue weighted by Gasteiger charge is -2.17. The Hall–Kier alpha value is -3.53. The molecule has 0 fully saturated rings. The van der Waals surface area contributed by atoms with Crippen molar-refractivity contribution in [2.24, 2.45) is 0 Å². The molecule has 0 unspecified atom stereocenters. The summed E-state index contributed by atoms with van der Waals surface area (Å²) in [7, 11) is 1.62. The van der Waals surface area contributed by atoms with Crippen molar-refractivity contribution in [3.8, 4) is 0 Å². The van der Waals surface area contributed by atoms with Crippen molar-refractivity contribution in [2.75, 3.05) is 12.4 Å². The summed E-state index contributed by atoms with van der Waals surface area (Å²) in [6.45, 7) is 3.63. The number of urea groups is 1. The normalized spacial score (nSPS) is 10.6. The molecule has 31 heavy (non-hydrogen) atoms. The van der Waals surface area contributed by atoms with Crippen molar-refractivity contribution in [3.63, 3.8) is 0 Å². The highest BCUT2D eigenvalue weighted by molar-refractivity contribution is 7.13. The van der Waals surface area contributed by atoms with E-state index in [1.54, 1.807) is 38.4 Å². The zero-order chi connectivity index (χ0) is 22.5. The molecular weight excluding hydrogens is 423 g/mol. The molecule has 0 saturated heterocycles. The SMILES string of the molecule is Cc1cc(=O)oc(C)c1C(=O)N(C)Cc1csc(NC(=O)NCc2cccc(F)c2)n1. The molecule has 10 heteroatoms. The number of halogens is 1. The van der Waals surface area contributed by atoms with Crippen LogP contribution < -0.4 is 16.3 Å². The average Bonchev–Trinajstić information content (AvgIpc) is 3.12. The number of thiazole rings is 1. The topological polar surface area (TPSA) is 105 Å². The zero-order valence-electron chi connectivity index (χ0n) is 17.2. The number of nitrogens with one attached hydrogen (secondary N) is 2. The van der Waals surface area contributed by atoms with Crippen LogP contribution in [0.15, 0.2) is 44.9 Å². The Morgan fingerprint density at radius 2 is 2.03 bits per heavy atom. The van der Waals surface area contributed by atoms with Gasteiger partial charge in [0, 0.05) is 25.0 Å². The summed E-state index contributed by atoms with van der Waals surface area (Å²) in [5, 5.41) is 7.35. The summed E-state index contributed by atoms with van der Waals surface area (Å²) in [6.07, 6.45) is 0. The number of amides is 3. The van der Waals surface area contributed by atoms with Gasteiger partial charge < -0.3 is 14.6 Å². The highest BCUT2D eigenvalue weighted by atomic mass is 32.1. The molecule has 2 aromatic heterocycles. The molecule has 3 amide bonds. The highest BCUT2D eigenvalue weighted by Gasteiger charge is 2.20. The van der Waals surface area contributed by atoms with Gasteiger partial charge in [-0.05, 0) is 37.1 Å². The number of aryl methyl sites for hydroxylation is 2. The minimum atomic E-state index is -0.500. The maximum absolute atomic E-state index is 13.2. The quantitative estimate of drug-likeness (QED) is 0.606. The zero-order valence-corrected chi connectivity index (χ0v) is 18.0. The minimum Gasteiger partial charge on any atom is -0.427 e. The molecule has 0 bridgehead atoms. The van der Waals surface area contributed by atoms with Crippen molar-refractivity contribution < 1.29 is 18.4 Å². The molecule has 2 heterocycles. The molecule has 0 aliphatic heterocycles. The van der Waals surface area contributed by atoms with Crippen LogP contribution in [0.4, 0.5) is 14.3 Å². The van der Waals surface area contributed by atoms with E-state index in [9.17, 15) is 18.8 Å². The molecule has 0 atom stereocenters. The summed E-state index contributed by atoms with van der Waals surface area (Å²) in [4.78, 5) is 42.0. The van der Waals surface area contributed by atoms with Crippen LogP contribution >= 0.6 is 11.3 Å². The maximum Gasteiger partial charge on any atom is 0.336 e. The molecule has 8 nitrogen and oxygen atoms in total. The van der Waals surface area contributed by atoms with Gasteiger partial charge in [-0.25, -0.2) is 19.0 Å². The highest BCUT2D eigenvalue weighted by Crippen LogP contribution is 2.19. The molecular formula is C21H21FN4O4S. The van der Waals surface area contributed by atoms with Gasteiger partial charge in [-0.15, -0.1) is 11.3 Å². The first-order chi connectivity index (χ1) is 14.7. The van der Waals surface area contributed by atoms with Crippen LogP contribution in [0.1, 0.15) is 32.9 Å². The molecule has 162 valence electrons. The Kier molecular flexibility index (Phi) is 6.81. The first-order valence-corrected chi connectivity index (χ1v) is 10.2. The predicted octanol–water partition coefficient (Wildman–Crippen LogP) is 3.45. The van der Waals surface area contributed by atoms with Crippen LogP contribution in [-0.4, -0.2) is 28.9 Å². The number of hydrogen-bond donors (Lipinski definition) is 2. The lowest BCUT2D eigenvalue weighted by molar-refractivity contribution is 0.0778. The number of nitrogens with zero attached hydrogens (tertiary/aromatic N) is 2. The number of benzene rings is 1. The van der Waals surface area contributed by atoms with E-state index in [0.29, 0.717) is 27.5 Å². The van der Waals surface area contributed by atoms with E-state index < -0.39 is 11.7 Å². The first-order valence-electron chi connectivity index (χ1n) is 9.33. The van der Waals surface area contributed by atoms with Gasteiger partial charge in [-0.3, -0.25) is 10.1 Å². The van der Waals surface area contributed by atoms with E-state index in [-0.39, 0.29) is 30.6 Å². The van der Waals surface area contributed by atoms with E-state index in [2.05, 4.69) is 15.6 Å². The molecule has 0 aliphatic carbocycles. The van der Waals surface area contributed by atoms with Crippen molar-refractivity contribution in [1.82, 2.24) is 15.2 Å². The average molecular weight is 444 g/mol. The monoisotopic (exact) mass is 444 g/mol. The summed E-state index contributed by atoms with van der Waals surface area (Å²) in [5.41, 5.74) is 1.61. The Morgan fingerprint density at radius 1 is 1.26 bits per heavy atom. The molecule has 0 spiro atoms. The Bertz CT molecular complexity index is 1150. The van der Waals surface area contributed by atoms with E-state index in [4.69, 9.17) is 4.42 Å². The summed E-state index contributed by atoms with van der Waals surface area (Å²) in [5.74, 6) is -0.405. The third-order valence-electron chi connectivity index (χ3n) is 4.41. The summed E-state index contributed by atoms with van der Waals surface area (Å²) in [6, 6.07) is 6.76. The third kappa shape index (κ3) is 5.76. The van der Waals surface area contributed by atoms with E-state index >= 15 is 0 Å². The fraction of sp³-hybridized carbons (Fsp3) is 0.238. The van der Waals surface area contributed by atoms with Crippen LogP contribution in [0, 0.1) is 19.7 Å². The van der Waals surface area contributed by atoms with Gasteiger partial charge in [-0.2, -0.15) is 0 Å². The molecule has 0 aliphatic rings. The minimum absolute atomic E-state index is 0.172. The van der Waals surface area contributed by atoms with E-state index in [1.165, 1.54) is 34.4 Å². The second kappa shape index (κ2) is 9.52. The second-order valence-electron chi connectivity index (χ2n) is 6.92. The number of carbonyl (C=O) groups is 2. The summed E-state index contributed by atoms with van der Waals surface area (Å²) < 4.78 is 18.2. The van der Waals surface area contributed by atoms with Crippen LogP contribution in [0.25, 0.3) is 0 Å². The predicted molar refractivity (Wildman–Crippen MR) is 115 cm³/mol. The molecule has 3 rings (SSSR count). The lowest BCUT2D eigenvalue weighted by atomic mass is 10.1. The van der Waals surface area contributed by atoms with Crippen LogP contribution in [0.2, 0.25) is 0 Å². The number of carbonyl (C=O) groups excluding carboxylic acids is 2. The lowest BCUT2D eigenvalue weighted by Crippen LogP contribution is -2.29. The van der Waals surface area contributed by atoms with Crippen LogP contribution in [0.3, 0.4) is 0 Å². The van der Waals surface area contributed by atoms with Crippen molar-refractivity contribution in [1.29, 1.82) is 0 Å². The first kappa shape index (κ1) is 22.2. The Labute approximate surface area is 181 Å². The number of hydrogen-bond acceptors (Lipinski definition) is 6. The largest absolute Gasteiger partial charge is 0.427 e. The van der Waals surface area contributed by atoms with E-state index in [0.717, 1.165) is 0 Å². The van der Waals surface area contributed by atoms with Crippen molar-refractivity contribution in [3.05, 3.63) is 80.1 Å². The second-order valence-corrected chi connectivity index (χ2v) is 7.78. The van der Waals surface area contributed by atoms with Crippen molar-refractivity contribution >= 4 is 28.4 Å². The van der Waals surface area contributed by atoms with Crippen LogP contribution in [0.5, 0.6) is 0 Å². The van der Waals surface area contributed by atoms with Gasteiger partial charge in [0.2, 0.25) is 0 Å². The van der Waals surface area contributed by atoms with Crippen molar-refractivity contribution in [2.45, 2.75) is 26.9 Å². The van der Waals surface area contributed by atoms with E-state index in [1.807, 2.05) is 0 Å². The fourth-order valence-corrected chi connectivity index (χ4v) is 3.69. The number of aromatic nitrogens is 1. The fourth-order valence-electron chi connectivity index (χ4n) is 2.99. The molecule has 3 aromatic rings. The molecule has 0 radical (unpaired) electrons. The smallest absolute Gasteiger partial charge is 0.336 e. The van der Waals surface area contributed by atoms with Gasteiger partial charge in [0.1, 0.15) is 11.6 Å².